The Hall–Kier alpha value is -3.27. The zero-order valence-corrected chi connectivity index (χ0v) is 17.3. The summed E-state index contributed by atoms with van der Waals surface area (Å²) in [7, 11) is 0. The molecule has 1 fully saturated rings. The molecule has 1 aromatic carbocycles. The second kappa shape index (κ2) is 8.62. The molecule has 156 valence electrons. The van der Waals surface area contributed by atoms with Crippen LogP contribution in [-0.4, -0.2) is 53.6 Å². The number of carbonyl (C=O) groups is 1. The maximum absolute atomic E-state index is 11.8. The van der Waals surface area contributed by atoms with Gasteiger partial charge >= 0.3 is 5.97 Å². The Bertz CT molecular complexity index is 1070. The van der Waals surface area contributed by atoms with Crippen molar-refractivity contribution in [3.05, 3.63) is 52.2 Å². The van der Waals surface area contributed by atoms with E-state index < -0.39 is 0 Å². The molecule has 2 aromatic heterocycles. The predicted molar refractivity (Wildman–Crippen MR) is 116 cm³/mol. The first-order chi connectivity index (χ1) is 14.5. The maximum Gasteiger partial charge on any atom is 0.339 e. The van der Waals surface area contributed by atoms with Crippen LogP contribution in [0.25, 0.3) is 10.2 Å². The highest BCUT2D eigenvalue weighted by molar-refractivity contribution is 7.22. The molecule has 0 N–H and O–H groups in total. The standard InChI is InChI=1S/C20H21N5O4S/c1-2-29-19(26)14-4-7-18(21-13-14)23-8-3-9-24(11-10-23)20-22-16-6-5-15(25(27)28)12-17(16)30-20/h4-7,12-13H,2-3,8-11H2,1H3. The third kappa shape index (κ3) is 4.18. The van der Waals surface area contributed by atoms with Crippen molar-refractivity contribution in [3.8, 4) is 0 Å². The number of pyridine rings is 1. The number of esters is 1. The van der Waals surface area contributed by atoms with Crippen molar-refractivity contribution in [2.75, 3.05) is 42.6 Å². The molecule has 0 unspecified atom stereocenters. The monoisotopic (exact) mass is 427 g/mol. The maximum atomic E-state index is 11.8. The van der Waals surface area contributed by atoms with E-state index in [-0.39, 0.29) is 16.6 Å². The van der Waals surface area contributed by atoms with Gasteiger partial charge in [-0.05, 0) is 31.5 Å². The van der Waals surface area contributed by atoms with Crippen LogP contribution in [0, 0.1) is 10.1 Å². The number of nitrogens with zero attached hydrogens (tertiary/aromatic N) is 5. The van der Waals surface area contributed by atoms with Crippen LogP contribution < -0.4 is 9.80 Å². The summed E-state index contributed by atoms with van der Waals surface area (Å²) >= 11 is 1.48. The highest BCUT2D eigenvalue weighted by atomic mass is 32.1. The van der Waals surface area contributed by atoms with E-state index in [0.717, 1.165) is 53.8 Å². The number of nitro groups is 1. The normalized spacial score (nSPS) is 14.6. The van der Waals surface area contributed by atoms with E-state index in [1.165, 1.54) is 17.4 Å². The molecule has 0 saturated carbocycles. The van der Waals surface area contributed by atoms with Gasteiger partial charge in [-0.15, -0.1) is 0 Å². The van der Waals surface area contributed by atoms with Gasteiger partial charge in [0.1, 0.15) is 5.82 Å². The first-order valence-electron chi connectivity index (χ1n) is 9.73. The molecule has 3 heterocycles. The minimum Gasteiger partial charge on any atom is -0.462 e. The lowest BCUT2D eigenvalue weighted by molar-refractivity contribution is -0.384. The Labute approximate surface area is 177 Å². The summed E-state index contributed by atoms with van der Waals surface area (Å²) in [5.74, 6) is 0.458. The molecule has 3 aromatic rings. The molecule has 0 atom stereocenters. The number of ether oxygens (including phenoxy) is 1. The van der Waals surface area contributed by atoms with Gasteiger partial charge < -0.3 is 14.5 Å². The largest absolute Gasteiger partial charge is 0.462 e. The van der Waals surface area contributed by atoms with Gasteiger partial charge in [0, 0.05) is 44.5 Å². The van der Waals surface area contributed by atoms with Crippen molar-refractivity contribution >= 4 is 44.2 Å². The van der Waals surface area contributed by atoms with E-state index in [4.69, 9.17) is 4.74 Å². The van der Waals surface area contributed by atoms with Gasteiger partial charge in [0.15, 0.2) is 5.13 Å². The molecule has 0 bridgehead atoms. The molecule has 1 aliphatic heterocycles. The van der Waals surface area contributed by atoms with Gasteiger partial charge in [-0.25, -0.2) is 14.8 Å². The van der Waals surface area contributed by atoms with Crippen molar-refractivity contribution in [2.45, 2.75) is 13.3 Å². The first-order valence-corrected chi connectivity index (χ1v) is 10.5. The number of aromatic nitrogens is 2. The van der Waals surface area contributed by atoms with Crippen molar-refractivity contribution in [3.63, 3.8) is 0 Å². The fraction of sp³-hybridized carbons (Fsp3) is 0.350. The number of non-ortho nitro benzene ring substituents is 1. The number of anilines is 2. The molecule has 4 rings (SSSR count). The number of thiazole rings is 1. The molecule has 10 heteroatoms. The smallest absolute Gasteiger partial charge is 0.339 e. The summed E-state index contributed by atoms with van der Waals surface area (Å²) in [6.45, 7) is 5.33. The van der Waals surface area contributed by atoms with E-state index in [0.29, 0.717) is 12.2 Å². The van der Waals surface area contributed by atoms with E-state index in [1.54, 1.807) is 31.3 Å². The number of fused-ring (bicyclic) bond motifs is 1. The molecule has 30 heavy (non-hydrogen) atoms. The lowest BCUT2D eigenvalue weighted by Crippen LogP contribution is -2.31. The molecule has 0 aliphatic carbocycles. The summed E-state index contributed by atoms with van der Waals surface area (Å²) in [5.41, 5.74) is 1.30. The molecule has 9 nitrogen and oxygen atoms in total. The van der Waals surface area contributed by atoms with Crippen LogP contribution in [0.4, 0.5) is 16.6 Å². The Balaban J connectivity index is 1.45. The van der Waals surface area contributed by atoms with Gasteiger partial charge in [0.2, 0.25) is 0 Å². The second-order valence-electron chi connectivity index (χ2n) is 6.86. The zero-order valence-electron chi connectivity index (χ0n) is 16.5. The summed E-state index contributed by atoms with van der Waals surface area (Å²) in [5, 5.41) is 11.9. The number of nitro benzene ring substituents is 1. The van der Waals surface area contributed by atoms with Crippen LogP contribution in [0.1, 0.15) is 23.7 Å². The van der Waals surface area contributed by atoms with Gasteiger partial charge in [-0.3, -0.25) is 10.1 Å². The Morgan fingerprint density at radius 2 is 2.00 bits per heavy atom. The molecule has 0 radical (unpaired) electrons. The van der Waals surface area contributed by atoms with Crippen molar-refractivity contribution < 1.29 is 14.5 Å². The Morgan fingerprint density at radius 3 is 2.73 bits per heavy atom. The van der Waals surface area contributed by atoms with Crippen LogP contribution in [0.5, 0.6) is 0 Å². The minimum atomic E-state index is -0.386. The molecule has 0 spiro atoms. The van der Waals surface area contributed by atoms with Crippen molar-refractivity contribution in [2.24, 2.45) is 0 Å². The quantitative estimate of drug-likeness (QED) is 0.346. The van der Waals surface area contributed by atoms with E-state index in [2.05, 4.69) is 19.8 Å². The molecular formula is C20H21N5O4S. The molecule has 0 amide bonds. The van der Waals surface area contributed by atoms with E-state index in [1.807, 2.05) is 6.07 Å². The molecule has 1 saturated heterocycles. The average Bonchev–Trinajstić information content (AvgIpc) is 3.02. The number of rotatable bonds is 5. The Kier molecular flexibility index (Phi) is 5.75. The summed E-state index contributed by atoms with van der Waals surface area (Å²) in [4.78, 5) is 35.9. The summed E-state index contributed by atoms with van der Waals surface area (Å²) < 4.78 is 5.82. The lowest BCUT2D eigenvalue weighted by Gasteiger charge is -2.22. The van der Waals surface area contributed by atoms with Crippen LogP contribution in [0.15, 0.2) is 36.5 Å². The number of benzene rings is 1. The fourth-order valence-corrected chi connectivity index (χ4v) is 4.45. The molecular weight excluding hydrogens is 406 g/mol. The van der Waals surface area contributed by atoms with Gasteiger partial charge in [0.25, 0.3) is 5.69 Å². The van der Waals surface area contributed by atoms with Crippen LogP contribution in [0.2, 0.25) is 0 Å². The third-order valence-electron chi connectivity index (χ3n) is 4.92. The predicted octanol–water partition coefficient (Wildman–Crippen LogP) is 3.49. The third-order valence-corrected chi connectivity index (χ3v) is 6.00. The average molecular weight is 427 g/mol. The minimum absolute atomic E-state index is 0.0806. The van der Waals surface area contributed by atoms with Crippen LogP contribution in [-0.2, 0) is 4.74 Å². The fourth-order valence-electron chi connectivity index (χ4n) is 3.40. The SMILES string of the molecule is CCOC(=O)c1ccc(N2CCCN(c3nc4ccc([N+](=O)[O-])cc4s3)CC2)nc1. The van der Waals surface area contributed by atoms with Crippen molar-refractivity contribution in [1.82, 2.24) is 9.97 Å². The summed E-state index contributed by atoms with van der Waals surface area (Å²) in [6.07, 6.45) is 2.48. The Morgan fingerprint density at radius 1 is 1.20 bits per heavy atom. The van der Waals surface area contributed by atoms with Crippen molar-refractivity contribution in [1.29, 1.82) is 0 Å². The topological polar surface area (TPSA) is 102 Å². The van der Waals surface area contributed by atoms with Crippen LogP contribution >= 0.6 is 11.3 Å². The zero-order chi connectivity index (χ0) is 21.1. The second-order valence-corrected chi connectivity index (χ2v) is 7.87. The lowest BCUT2D eigenvalue weighted by atomic mass is 10.2. The highest BCUT2D eigenvalue weighted by Gasteiger charge is 2.20. The van der Waals surface area contributed by atoms with E-state index in [9.17, 15) is 14.9 Å². The number of hydrogen-bond donors (Lipinski definition) is 0. The highest BCUT2D eigenvalue weighted by Crippen LogP contribution is 2.32. The van der Waals surface area contributed by atoms with Gasteiger partial charge in [-0.1, -0.05) is 11.3 Å². The number of hydrogen-bond acceptors (Lipinski definition) is 9. The summed E-state index contributed by atoms with van der Waals surface area (Å²) in [6, 6.07) is 8.35. The first kappa shape index (κ1) is 20.0. The van der Waals surface area contributed by atoms with Crippen LogP contribution in [0.3, 0.4) is 0 Å². The molecule has 1 aliphatic rings. The number of carbonyl (C=O) groups excluding carboxylic acids is 1. The van der Waals surface area contributed by atoms with Gasteiger partial charge in [-0.2, -0.15) is 0 Å². The van der Waals surface area contributed by atoms with Gasteiger partial charge in [0.05, 0.1) is 27.3 Å². The van der Waals surface area contributed by atoms with E-state index >= 15 is 0 Å².